The Morgan fingerprint density at radius 2 is 2.07 bits per heavy atom. The fourth-order valence-electron chi connectivity index (χ4n) is 2.87. The molecule has 2 aromatic carbocycles. The summed E-state index contributed by atoms with van der Waals surface area (Å²) in [4.78, 5) is 13.2. The van der Waals surface area contributed by atoms with Gasteiger partial charge in [0, 0.05) is 22.4 Å². The first-order valence-corrected chi connectivity index (χ1v) is 10.4. The number of halogens is 2. The number of ether oxygens (including phenoxy) is 2. The van der Waals surface area contributed by atoms with Crippen molar-refractivity contribution in [2.45, 2.75) is 11.8 Å². The molecule has 0 saturated carbocycles. The highest BCUT2D eigenvalue weighted by atomic mass is 35.5. The summed E-state index contributed by atoms with van der Waals surface area (Å²) in [7, 11) is 1.56. The van der Waals surface area contributed by atoms with E-state index in [2.05, 4.69) is 10.2 Å². The molecule has 0 atom stereocenters. The standard InChI is InChI=1S/C19H16Cl2N4O3S/c1-27-14-4-2-3-12(9-14)18(26)24-7-8-29-19-23-22-17(25(19)24)11-28-16-10-13(20)5-6-15(16)21/h2-6,9-10H,7-8,11H2,1H3. The molecule has 0 saturated heterocycles. The Balaban J connectivity index is 1.61. The van der Waals surface area contributed by atoms with E-state index in [0.29, 0.717) is 44.6 Å². The van der Waals surface area contributed by atoms with Crippen molar-refractivity contribution in [1.29, 1.82) is 0 Å². The van der Waals surface area contributed by atoms with E-state index in [1.807, 2.05) is 0 Å². The van der Waals surface area contributed by atoms with Crippen LogP contribution in [0, 0.1) is 0 Å². The second-order valence-corrected chi connectivity index (χ2v) is 7.99. The Kier molecular flexibility index (Phi) is 5.84. The number of rotatable bonds is 5. The average molecular weight is 451 g/mol. The van der Waals surface area contributed by atoms with Crippen molar-refractivity contribution in [2.24, 2.45) is 0 Å². The number of fused-ring (bicyclic) bond motifs is 1. The molecular formula is C19H16Cl2N4O3S. The van der Waals surface area contributed by atoms with Crippen LogP contribution in [0.3, 0.4) is 0 Å². The molecule has 0 aliphatic carbocycles. The Hall–Kier alpha value is -2.42. The van der Waals surface area contributed by atoms with E-state index in [1.54, 1.807) is 59.3 Å². The maximum Gasteiger partial charge on any atom is 0.272 e. The number of benzene rings is 2. The molecule has 0 bridgehead atoms. The third-order valence-electron chi connectivity index (χ3n) is 4.25. The van der Waals surface area contributed by atoms with Crippen LogP contribution in [0.5, 0.6) is 11.5 Å². The van der Waals surface area contributed by atoms with E-state index in [9.17, 15) is 4.79 Å². The van der Waals surface area contributed by atoms with Crippen molar-refractivity contribution in [3.05, 3.63) is 63.9 Å². The summed E-state index contributed by atoms with van der Waals surface area (Å²) < 4.78 is 12.7. The van der Waals surface area contributed by atoms with E-state index in [4.69, 9.17) is 32.7 Å². The fraction of sp³-hybridized carbons (Fsp3) is 0.211. The molecule has 0 unspecified atom stereocenters. The molecule has 10 heteroatoms. The van der Waals surface area contributed by atoms with Crippen LogP contribution in [0.4, 0.5) is 0 Å². The third-order valence-corrected chi connectivity index (χ3v) is 5.70. The Bertz CT molecular complexity index is 1060. The molecule has 0 N–H and O–H groups in total. The minimum absolute atomic E-state index is 0.0789. The van der Waals surface area contributed by atoms with Crippen LogP contribution in [0.15, 0.2) is 47.6 Å². The fourth-order valence-corrected chi connectivity index (χ4v) is 4.08. The van der Waals surface area contributed by atoms with Crippen LogP contribution in [-0.4, -0.2) is 40.2 Å². The van der Waals surface area contributed by atoms with Crippen LogP contribution in [-0.2, 0) is 6.61 Å². The van der Waals surface area contributed by atoms with Crippen LogP contribution in [0.25, 0.3) is 0 Å². The van der Waals surface area contributed by atoms with Gasteiger partial charge in [-0.2, -0.15) is 0 Å². The maximum atomic E-state index is 13.2. The Morgan fingerprint density at radius 3 is 2.90 bits per heavy atom. The van der Waals surface area contributed by atoms with E-state index < -0.39 is 0 Å². The van der Waals surface area contributed by atoms with E-state index in [0.717, 1.165) is 5.75 Å². The van der Waals surface area contributed by atoms with E-state index in [1.165, 1.54) is 11.8 Å². The number of hydrogen-bond acceptors (Lipinski definition) is 6. The maximum absolute atomic E-state index is 13.2. The first-order chi connectivity index (χ1) is 14.1. The highest BCUT2D eigenvalue weighted by Crippen LogP contribution is 2.29. The minimum atomic E-state index is -0.174. The van der Waals surface area contributed by atoms with E-state index >= 15 is 0 Å². The summed E-state index contributed by atoms with van der Waals surface area (Å²) in [5, 5.41) is 11.6. The highest BCUT2D eigenvalue weighted by molar-refractivity contribution is 7.99. The van der Waals surface area contributed by atoms with Gasteiger partial charge in [0.05, 0.1) is 18.7 Å². The molecule has 7 nitrogen and oxygen atoms in total. The molecule has 29 heavy (non-hydrogen) atoms. The number of nitrogens with zero attached hydrogens (tertiary/aromatic N) is 4. The summed E-state index contributed by atoms with van der Waals surface area (Å²) in [5.41, 5.74) is 0.514. The number of hydrogen-bond donors (Lipinski definition) is 0. The van der Waals surface area contributed by atoms with Crippen molar-refractivity contribution >= 4 is 40.9 Å². The molecule has 2 heterocycles. The number of carbonyl (C=O) groups is 1. The Labute approximate surface area is 181 Å². The molecule has 4 rings (SSSR count). The smallest absolute Gasteiger partial charge is 0.272 e. The third kappa shape index (κ3) is 4.14. The number of carbonyl (C=O) groups excluding carboxylic acids is 1. The normalized spacial score (nSPS) is 13.1. The van der Waals surface area contributed by atoms with Gasteiger partial charge in [-0.15, -0.1) is 10.2 Å². The van der Waals surface area contributed by atoms with Gasteiger partial charge in [-0.3, -0.25) is 4.79 Å². The second kappa shape index (κ2) is 8.52. The van der Waals surface area contributed by atoms with Crippen LogP contribution < -0.4 is 14.5 Å². The number of amides is 1. The average Bonchev–Trinajstić information content (AvgIpc) is 3.17. The monoisotopic (exact) mass is 450 g/mol. The van der Waals surface area contributed by atoms with Crippen LogP contribution in [0.2, 0.25) is 10.0 Å². The molecule has 1 aliphatic heterocycles. The Morgan fingerprint density at radius 1 is 1.21 bits per heavy atom. The zero-order valence-corrected chi connectivity index (χ0v) is 17.7. The zero-order chi connectivity index (χ0) is 20.4. The van der Waals surface area contributed by atoms with Crippen molar-refractivity contribution in [3.63, 3.8) is 0 Å². The molecule has 3 aromatic rings. The van der Waals surface area contributed by atoms with Crippen molar-refractivity contribution in [3.8, 4) is 11.5 Å². The molecular weight excluding hydrogens is 435 g/mol. The summed E-state index contributed by atoms with van der Waals surface area (Å²) >= 11 is 13.7. The molecule has 150 valence electrons. The largest absolute Gasteiger partial charge is 0.497 e. The van der Waals surface area contributed by atoms with Gasteiger partial charge in [0.2, 0.25) is 5.16 Å². The highest BCUT2D eigenvalue weighted by Gasteiger charge is 2.28. The zero-order valence-electron chi connectivity index (χ0n) is 15.3. The van der Waals surface area contributed by atoms with E-state index in [-0.39, 0.29) is 12.5 Å². The quantitative estimate of drug-likeness (QED) is 0.583. The SMILES string of the molecule is COc1cccc(C(=O)N2CCSc3nnc(COc4cc(Cl)ccc4Cl)n32)c1. The first-order valence-electron chi connectivity index (χ1n) is 8.68. The lowest BCUT2D eigenvalue weighted by molar-refractivity contribution is 0.0952. The van der Waals surface area contributed by atoms with Gasteiger partial charge in [-0.1, -0.05) is 41.0 Å². The molecule has 1 amide bonds. The lowest BCUT2D eigenvalue weighted by atomic mass is 10.2. The van der Waals surface area contributed by atoms with Gasteiger partial charge in [0.25, 0.3) is 5.91 Å². The molecule has 0 fully saturated rings. The van der Waals surface area contributed by atoms with Gasteiger partial charge in [0.1, 0.15) is 18.1 Å². The topological polar surface area (TPSA) is 69.5 Å². The lowest BCUT2D eigenvalue weighted by Crippen LogP contribution is -2.45. The summed E-state index contributed by atoms with van der Waals surface area (Å²) in [5.74, 6) is 2.08. The van der Waals surface area contributed by atoms with Crippen molar-refractivity contribution in [2.75, 3.05) is 24.4 Å². The van der Waals surface area contributed by atoms with Gasteiger partial charge in [-0.05, 0) is 30.3 Å². The number of methoxy groups -OCH3 is 1. The van der Waals surface area contributed by atoms with Crippen molar-refractivity contribution in [1.82, 2.24) is 14.9 Å². The van der Waals surface area contributed by atoms with Gasteiger partial charge in [-0.25, -0.2) is 9.69 Å². The van der Waals surface area contributed by atoms with Crippen LogP contribution >= 0.6 is 35.0 Å². The van der Waals surface area contributed by atoms with Crippen molar-refractivity contribution < 1.29 is 14.3 Å². The van der Waals surface area contributed by atoms with Gasteiger partial charge in [0.15, 0.2) is 5.82 Å². The number of thioether (sulfide) groups is 1. The molecule has 0 radical (unpaired) electrons. The molecule has 0 spiro atoms. The van der Waals surface area contributed by atoms with Gasteiger partial charge < -0.3 is 9.47 Å². The molecule has 1 aromatic heterocycles. The summed E-state index contributed by atoms with van der Waals surface area (Å²) in [6.45, 7) is 0.589. The summed E-state index contributed by atoms with van der Waals surface area (Å²) in [6, 6.07) is 12.0. The first kappa shape index (κ1) is 19.9. The second-order valence-electron chi connectivity index (χ2n) is 6.08. The predicted octanol–water partition coefficient (Wildman–Crippen LogP) is 4.06. The predicted molar refractivity (Wildman–Crippen MR) is 112 cm³/mol. The van der Waals surface area contributed by atoms with Crippen LogP contribution in [0.1, 0.15) is 16.2 Å². The summed E-state index contributed by atoms with van der Waals surface area (Å²) in [6.07, 6.45) is 0. The molecule has 1 aliphatic rings. The van der Waals surface area contributed by atoms with Gasteiger partial charge >= 0.3 is 0 Å². The lowest BCUT2D eigenvalue weighted by Gasteiger charge is -2.29. The minimum Gasteiger partial charge on any atom is -0.497 e. The number of aromatic nitrogens is 3.